The van der Waals surface area contributed by atoms with E-state index in [1.54, 1.807) is 11.3 Å². The summed E-state index contributed by atoms with van der Waals surface area (Å²) in [4.78, 5) is 16.5. The predicted octanol–water partition coefficient (Wildman–Crippen LogP) is 5.19. The lowest BCUT2D eigenvalue weighted by Crippen LogP contribution is -2.26. The van der Waals surface area contributed by atoms with Crippen LogP contribution < -0.4 is 5.32 Å². The van der Waals surface area contributed by atoms with Gasteiger partial charge in [0, 0.05) is 17.9 Å². The molecule has 0 spiro atoms. The monoisotopic (exact) mass is 358 g/mol. The fourth-order valence-corrected chi connectivity index (χ4v) is 3.94. The van der Waals surface area contributed by atoms with Crippen molar-refractivity contribution in [3.8, 4) is 11.3 Å². The number of aromatic nitrogens is 1. The molecule has 26 heavy (non-hydrogen) atoms. The van der Waals surface area contributed by atoms with Gasteiger partial charge >= 0.3 is 0 Å². The number of benzene rings is 3. The van der Waals surface area contributed by atoms with Crippen LogP contribution in [0, 0.1) is 0 Å². The molecule has 1 atom stereocenters. The molecule has 3 aromatic carbocycles. The van der Waals surface area contributed by atoms with Crippen LogP contribution in [-0.2, 0) is 4.79 Å². The maximum Gasteiger partial charge on any atom is 0.217 e. The van der Waals surface area contributed by atoms with Gasteiger partial charge in [-0.2, -0.15) is 0 Å². The van der Waals surface area contributed by atoms with E-state index < -0.39 is 0 Å². The Morgan fingerprint density at radius 1 is 0.962 bits per heavy atom. The molecule has 0 radical (unpaired) electrons. The van der Waals surface area contributed by atoms with Gasteiger partial charge in [-0.1, -0.05) is 66.7 Å². The summed E-state index contributed by atoms with van der Waals surface area (Å²) in [6.45, 7) is 1.54. The van der Waals surface area contributed by atoms with E-state index >= 15 is 0 Å². The van der Waals surface area contributed by atoms with Crippen molar-refractivity contribution in [3.63, 3.8) is 0 Å². The molecule has 0 fully saturated rings. The molecule has 4 heteroatoms. The molecule has 1 amide bonds. The molecule has 1 unspecified atom stereocenters. The van der Waals surface area contributed by atoms with Gasteiger partial charge in [-0.3, -0.25) is 4.79 Å². The Balaban J connectivity index is 1.71. The zero-order chi connectivity index (χ0) is 17.9. The second-order valence-corrected chi connectivity index (χ2v) is 7.07. The lowest BCUT2D eigenvalue weighted by atomic mass is 10.1. The predicted molar refractivity (Wildman–Crippen MR) is 107 cm³/mol. The van der Waals surface area contributed by atoms with E-state index in [1.165, 1.54) is 17.7 Å². The van der Waals surface area contributed by atoms with Crippen LogP contribution in [0.4, 0.5) is 0 Å². The van der Waals surface area contributed by atoms with Crippen molar-refractivity contribution in [1.82, 2.24) is 10.3 Å². The quantitative estimate of drug-likeness (QED) is 0.545. The highest BCUT2D eigenvalue weighted by atomic mass is 32.1. The lowest BCUT2D eigenvalue weighted by Gasteiger charge is -2.15. The van der Waals surface area contributed by atoms with Crippen molar-refractivity contribution < 1.29 is 4.79 Å². The van der Waals surface area contributed by atoms with Crippen molar-refractivity contribution in [2.45, 2.75) is 13.0 Å². The van der Waals surface area contributed by atoms with Crippen molar-refractivity contribution in [2.75, 3.05) is 0 Å². The Hall–Kier alpha value is -2.98. The van der Waals surface area contributed by atoms with Gasteiger partial charge in [0.15, 0.2) is 0 Å². The highest BCUT2D eigenvalue weighted by Gasteiger charge is 2.19. The van der Waals surface area contributed by atoms with Gasteiger partial charge in [0.2, 0.25) is 5.91 Å². The number of thiazole rings is 1. The largest absolute Gasteiger partial charge is 0.343 e. The first-order chi connectivity index (χ1) is 12.7. The van der Waals surface area contributed by atoms with Crippen LogP contribution >= 0.6 is 11.3 Å². The fraction of sp³-hybridized carbons (Fsp3) is 0.0909. The smallest absolute Gasteiger partial charge is 0.217 e. The molecule has 0 saturated heterocycles. The average Bonchev–Trinajstić information content (AvgIpc) is 3.16. The second-order valence-electron chi connectivity index (χ2n) is 6.18. The first-order valence-corrected chi connectivity index (χ1v) is 9.35. The Bertz CT molecular complexity index is 1060. The molecule has 1 N–H and O–H groups in total. The van der Waals surface area contributed by atoms with E-state index in [9.17, 15) is 4.79 Å². The van der Waals surface area contributed by atoms with E-state index in [0.717, 1.165) is 21.8 Å². The molecular weight excluding hydrogens is 340 g/mol. The summed E-state index contributed by atoms with van der Waals surface area (Å²) in [6.07, 6.45) is 0. The zero-order valence-corrected chi connectivity index (χ0v) is 15.2. The maximum absolute atomic E-state index is 11.7. The van der Waals surface area contributed by atoms with Crippen molar-refractivity contribution in [2.24, 2.45) is 0 Å². The summed E-state index contributed by atoms with van der Waals surface area (Å²) < 4.78 is 0. The Labute approximate surface area is 156 Å². The van der Waals surface area contributed by atoms with Crippen LogP contribution in [0.15, 0.2) is 78.2 Å². The highest BCUT2D eigenvalue weighted by Crippen LogP contribution is 2.30. The summed E-state index contributed by atoms with van der Waals surface area (Å²) in [5, 5.41) is 8.36. The Morgan fingerprint density at radius 2 is 1.69 bits per heavy atom. The van der Waals surface area contributed by atoms with Gasteiger partial charge in [-0.25, -0.2) is 4.98 Å². The normalized spacial score (nSPS) is 12.0. The summed E-state index contributed by atoms with van der Waals surface area (Å²) >= 11 is 1.57. The third-order valence-corrected chi connectivity index (χ3v) is 5.20. The number of fused-ring (bicyclic) bond motifs is 1. The van der Waals surface area contributed by atoms with Gasteiger partial charge in [0.05, 0.1) is 5.69 Å². The Kier molecular flexibility index (Phi) is 4.50. The summed E-state index contributed by atoms with van der Waals surface area (Å²) in [7, 11) is 0. The fourth-order valence-electron chi connectivity index (χ4n) is 3.04. The van der Waals surface area contributed by atoms with E-state index in [0.29, 0.717) is 0 Å². The van der Waals surface area contributed by atoms with Crippen molar-refractivity contribution >= 4 is 28.0 Å². The molecular formula is C22H18N2OS. The summed E-state index contributed by atoms with van der Waals surface area (Å²) in [6, 6.07) is 24.4. The molecule has 0 bridgehead atoms. The average molecular weight is 358 g/mol. The first-order valence-electron chi connectivity index (χ1n) is 8.47. The molecule has 3 nitrogen and oxygen atoms in total. The summed E-state index contributed by atoms with van der Waals surface area (Å²) in [5.74, 6) is -0.0682. The molecule has 1 aromatic heterocycles. The number of rotatable bonds is 4. The van der Waals surface area contributed by atoms with Gasteiger partial charge in [0.25, 0.3) is 0 Å². The third kappa shape index (κ3) is 3.37. The van der Waals surface area contributed by atoms with Crippen LogP contribution in [0.5, 0.6) is 0 Å². The minimum Gasteiger partial charge on any atom is -0.343 e. The standard InChI is InChI=1S/C22H18N2OS/c1-15(25)23-21(17-8-3-2-4-9-17)22-24-20(14-26-22)19-12-11-16-7-5-6-10-18(16)13-19/h2-14,21H,1H3,(H,23,25). The van der Waals surface area contributed by atoms with Crippen LogP contribution in [-0.4, -0.2) is 10.9 Å². The second kappa shape index (κ2) is 7.10. The molecule has 1 heterocycles. The number of carbonyl (C=O) groups excluding carboxylic acids is 1. The van der Waals surface area contributed by atoms with Crippen molar-refractivity contribution in [3.05, 3.63) is 88.7 Å². The number of carbonyl (C=O) groups is 1. The molecule has 128 valence electrons. The highest BCUT2D eigenvalue weighted by molar-refractivity contribution is 7.10. The molecule has 4 aromatic rings. The molecule has 0 aliphatic carbocycles. The van der Waals surface area contributed by atoms with Gasteiger partial charge in [-0.15, -0.1) is 11.3 Å². The van der Waals surface area contributed by atoms with Crippen LogP contribution in [0.2, 0.25) is 0 Å². The van der Waals surface area contributed by atoms with Crippen LogP contribution in [0.3, 0.4) is 0 Å². The van der Waals surface area contributed by atoms with Crippen molar-refractivity contribution in [1.29, 1.82) is 0 Å². The van der Waals surface area contributed by atoms with E-state index in [4.69, 9.17) is 4.98 Å². The molecule has 4 rings (SSSR count). The zero-order valence-electron chi connectivity index (χ0n) is 14.3. The summed E-state index contributed by atoms with van der Waals surface area (Å²) in [5.41, 5.74) is 3.05. The topological polar surface area (TPSA) is 42.0 Å². The lowest BCUT2D eigenvalue weighted by molar-refractivity contribution is -0.119. The van der Waals surface area contributed by atoms with Gasteiger partial charge in [0.1, 0.15) is 11.0 Å². The van der Waals surface area contributed by atoms with E-state index in [1.807, 2.05) is 42.5 Å². The molecule has 0 saturated carbocycles. The maximum atomic E-state index is 11.7. The molecule has 0 aliphatic rings. The third-order valence-electron chi connectivity index (χ3n) is 4.29. The SMILES string of the molecule is CC(=O)NC(c1ccccc1)c1nc(-c2ccc3ccccc3c2)cs1. The first kappa shape index (κ1) is 16.5. The van der Waals surface area contributed by atoms with Gasteiger partial charge < -0.3 is 5.32 Å². The van der Waals surface area contributed by atoms with Gasteiger partial charge in [-0.05, 0) is 22.4 Å². The van der Waals surface area contributed by atoms with E-state index in [-0.39, 0.29) is 11.9 Å². The molecule has 0 aliphatic heterocycles. The van der Waals surface area contributed by atoms with E-state index in [2.05, 4.69) is 41.0 Å². The van der Waals surface area contributed by atoms with Crippen LogP contribution in [0.1, 0.15) is 23.5 Å². The number of hydrogen-bond donors (Lipinski definition) is 1. The Morgan fingerprint density at radius 3 is 2.46 bits per heavy atom. The number of nitrogens with zero attached hydrogens (tertiary/aromatic N) is 1. The number of nitrogens with one attached hydrogen (secondary N) is 1. The minimum absolute atomic E-state index is 0.0682. The number of amides is 1. The minimum atomic E-state index is -0.229. The van der Waals surface area contributed by atoms with Crippen LogP contribution in [0.25, 0.3) is 22.0 Å². The number of hydrogen-bond acceptors (Lipinski definition) is 3.